The Bertz CT molecular complexity index is 503. The lowest BCUT2D eigenvalue weighted by atomic mass is 9.88. The lowest BCUT2D eigenvalue weighted by Crippen LogP contribution is -2.45. The van der Waals surface area contributed by atoms with Gasteiger partial charge < -0.3 is 10.4 Å². The molecule has 1 aliphatic heterocycles. The number of hydrogen-bond donors (Lipinski definition) is 2. The SMILES string of the molecule is O=C(CN1CCCC(O)C1)NC1CCCc2ccccc21. The van der Waals surface area contributed by atoms with Crippen LogP contribution in [0.4, 0.5) is 0 Å². The van der Waals surface area contributed by atoms with E-state index in [1.807, 2.05) is 6.07 Å². The lowest BCUT2D eigenvalue weighted by Gasteiger charge is -2.31. The second-order valence-corrected chi connectivity index (χ2v) is 6.24. The van der Waals surface area contributed by atoms with Crippen LogP contribution in [0.5, 0.6) is 0 Å². The number of nitrogens with one attached hydrogen (secondary N) is 1. The Hall–Kier alpha value is -1.39. The van der Waals surface area contributed by atoms with Crippen LogP contribution in [0.1, 0.15) is 42.9 Å². The first-order valence-corrected chi connectivity index (χ1v) is 8.00. The summed E-state index contributed by atoms with van der Waals surface area (Å²) in [5, 5.41) is 12.8. The van der Waals surface area contributed by atoms with Crippen LogP contribution in [0.2, 0.25) is 0 Å². The maximum Gasteiger partial charge on any atom is 0.234 e. The van der Waals surface area contributed by atoms with Crippen LogP contribution in [0.3, 0.4) is 0 Å². The van der Waals surface area contributed by atoms with E-state index in [2.05, 4.69) is 28.4 Å². The molecule has 2 aliphatic rings. The van der Waals surface area contributed by atoms with Crippen molar-refractivity contribution in [3.8, 4) is 0 Å². The van der Waals surface area contributed by atoms with Gasteiger partial charge in [-0.3, -0.25) is 9.69 Å². The highest BCUT2D eigenvalue weighted by molar-refractivity contribution is 5.78. The Morgan fingerprint density at radius 2 is 2.14 bits per heavy atom. The maximum absolute atomic E-state index is 12.3. The zero-order valence-corrected chi connectivity index (χ0v) is 12.4. The van der Waals surface area contributed by atoms with E-state index in [0.29, 0.717) is 13.1 Å². The van der Waals surface area contributed by atoms with Crippen molar-refractivity contribution >= 4 is 5.91 Å². The van der Waals surface area contributed by atoms with E-state index in [0.717, 1.165) is 38.6 Å². The van der Waals surface area contributed by atoms with E-state index < -0.39 is 0 Å². The molecule has 114 valence electrons. The second-order valence-electron chi connectivity index (χ2n) is 6.24. The van der Waals surface area contributed by atoms with E-state index in [9.17, 15) is 9.90 Å². The summed E-state index contributed by atoms with van der Waals surface area (Å²) >= 11 is 0. The predicted molar refractivity (Wildman–Crippen MR) is 81.9 cm³/mol. The molecule has 2 N–H and O–H groups in total. The number of hydrogen-bond acceptors (Lipinski definition) is 3. The van der Waals surface area contributed by atoms with Crippen LogP contribution in [-0.2, 0) is 11.2 Å². The van der Waals surface area contributed by atoms with Crippen molar-refractivity contribution in [3.05, 3.63) is 35.4 Å². The zero-order valence-electron chi connectivity index (χ0n) is 12.4. The number of β-amino-alcohol motifs (C(OH)–C–C–N with tert-alkyl or cyclic N) is 1. The van der Waals surface area contributed by atoms with Crippen molar-refractivity contribution in [1.82, 2.24) is 10.2 Å². The third-order valence-electron chi connectivity index (χ3n) is 4.55. The van der Waals surface area contributed by atoms with Crippen LogP contribution in [0.15, 0.2) is 24.3 Å². The standard InChI is InChI=1S/C17H24N2O2/c20-14-7-4-10-19(11-14)12-17(21)18-16-9-3-6-13-5-1-2-8-15(13)16/h1-2,5,8,14,16,20H,3-4,6-7,9-12H2,(H,18,21). The van der Waals surface area contributed by atoms with Crippen molar-refractivity contribution < 1.29 is 9.90 Å². The molecular formula is C17H24N2O2. The third-order valence-corrected chi connectivity index (χ3v) is 4.55. The van der Waals surface area contributed by atoms with E-state index in [4.69, 9.17) is 0 Å². The van der Waals surface area contributed by atoms with Crippen molar-refractivity contribution in [2.24, 2.45) is 0 Å². The Labute approximate surface area is 126 Å². The molecule has 21 heavy (non-hydrogen) atoms. The molecule has 1 aromatic rings. The molecule has 2 unspecified atom stereocenters. The Morgan fingerprint density at radius 1 is 1.29 bits per heavy atom. The number of rotatable bonds is 3. The van der Waals surface area contributed by atoms with E-state index in [-0.39, 0.29) is 18.1 Å². The summed E-state index contributed by atoms with van der Waals surface area (Å²) in [6.07, 6.45) is 4.81. The second kappa shape index (κ2) is 6.58. The molecule has 1 fully saturated rings. The largest absolute Gasteiger partial charge is 0.392 e. The van der Waals surface area contributed by atoms with E-state index >= 15 is 0 Å². The van der Waals surface area contributed by atoms with Crippen LogP contribution < -0.4 is 5.32 Å². The molecule has 4 heteroatoms. The number of amides is 1. The predicted octanol–water partition coefficient (Wildman–Crippen LogP) is 1.64. The van der Waals surface area contributed by atoms with Crippen LogP contribution in [0.25, 0.3) is 0 Å². The minimum Gasteiger partial charge on any atom is -0.392 e. The van der Waals surface area contributed by atoms with Gasteiger partial charge in [0.05, 0.1) is 18.7 Å². The summed E-state index contributed by atoms with van der Waals surface area (Å²) in [4.78, 5) is 14.3. The van der Waals surface area contributed by atoms with Gasteiger partial charge in [-0.15, -0.1) is 0 Å². The summed E-state index contributed by atoms with van der Waals surface area (Å²) in [6, 6.07) is 8.55. The normalized spacial score (nSPS) is 26.1. The molecule has 4 nitrogen and oxygen atoms in total. The highest BCUT2D eigenvalue weighted by atomic mass is 16.3. The molecule has 0 bridgehead atoms. The minimum atomic E-state index is -0.276. The average molecular weight is 288 g/mol. The highest BCUT2D eigenvalue weighted by Gasteiger charge is 2.24. The first-order valence-electron chi connectivity index (χ1n) is 8.00. The lowest BCUT2D eigenvalue weighted by molar-refractivity contribution is -0.123. The number of aryl methyl sites for hydroxylation is 1. The Morgan fingerprint density at radius 3 is 3.00 bits per heavy atom. The average Bonchev–Trinajstić information content (AvgIpc) is 2.47. The summed E-state index contributed by atoms with van der Waals surface area (Å²) in [5.41, 5.74) is 2.64. The van der Waals surface area contributed by atoms with Gasteiger partial charge in [0.1, 0.15) is 0 Å². The smallest absolute Gasteiger partial charge is 0.234 e. The number of aliphatic hydroxyl groups excluding tert-OH is 1. The zero-order chi connectivity index (χ0) is 14.7. The molecule has 2 atom stereocenters. The molecule has 0 aromatic heterocycles. The van der Waals surface area contributed by atoms with Gasteiger partial charge in [0, 0.05) is 6.54 Å². The minimum absolute atomic E-state index is 0.0748. The number of piperidine rings is 1. The number of fused-ring (bicyclic) bond motifs is 1. The fraction of sp³-hybridized carbons (Fsp3) is 0.588. The van der Waals surface area contributed by atoms with E-state index in [1.54, 1.807) is 0 Å². The topological polar surface area (TPSA) is 52.6 Å². The highest BCUT2D eigenvalue weighted by Crippen LogP contribution is 2.29. The van der Waals surface area contributed by atoms with Crippen molar-refractivity contribution in [2.75, 3.05) is 19.6 Å². The van der Waals surface area contributed by atoms with Crippen LogP contribution in [-0.4, -0.2) is 41.7 Å². The molecule has 3 rings (SSSR count). The number of benzene rings is 1. The number of likely N-dealkylation sites (tertiary alicyclic amines) is 1. The van der Waals surface area contributed by atoms with Crippen molar-refractivity contribution in [3.63, 3.8) is 0 Å². The van der Waals surface area contributed by atoms with Crippen molar-refractivity contribution in [1.29, 1.82) is 0 Å². The molecule has 1 amide bonds. The molecular weight excluding hydrogens is 264 g/mol. The van der Waals surface area contributed by atoms with Gasteiger partial charge in [0.2, 0.25) is 5.91 Å². The Kier molecular flexibility index (Phi) is 4.56. The fourth-order valence-electron chi connectivity index (χ4n) is 3.52. The van der Waals surface area contributed by atoms with Gasteiger partial charge >= 0.3 is 0 Å². The molecule has 0 radical (unpaired) electrons. The first kappa shape index (κ1) is 14.5. The van der Waals surface area contributed by atoms with Crippen LogP contribution >= 0.6 is 0 Å². The van der Waals surface area contributed by atoms with Gasteiger partial charge in [-0.05, 0) is 49.8 Å². The van der Waals surface area contributed by atoms with Gasteiger partial charge in [0.15, 0.2) is 0 Å². The monoisotopic (exact) mass is 288 g/mol. The maximum atomic E-state index is 12.3. The third kappa shape index (κ3) is 3.63. The summed E-state index contributed by atoms with van der Waals surface area (Å²) in [5.74, 6) is 0.0748. The number of nitrogens with zero attached hydrogens (tertiary/aromatic N) is 1. The molecule has 1 aliphatic carbocycles. The molecule has 0 saturated carbocycles. The van der Waals surface area contributed by atoms with Gasteiger partial charge in [-0.25, -0.2) is 0 Å². The van der Waals surface area contributed by atoms with Crippen LogP contribution in [0, 0.1) is 0 Å². The summed E-state index contributed by atoms with van der Waals surface area (Å²) in [6.45, 7) is 1.93. The van der Waals surface area contributed by atoms with Gasteiger partial charge in [-0.1, -0.05) is 24.3 Å². The molecule has 1 saturated heterocycles. The number of carbonyl (C=O) groups is 1. The number of carbonyl (C=O) groups excluding carboxylic acids is 1. The Balaban J connectivity index is 1.58. The van der Waals surface area contributed by atoms with Gasteiger partial charge in [0.25, 0.3) is 0 Å². The van der Waals surface area contributed by atoms with E-state index in [1.165, 1.54) is 11.1 Å². The quantitative estimate of drug-likeness (QED) is 0.889. The van der Waals surface area contributed by atoms with Gasteiger partial charge in [-0.2, -0.15) is 0 Å². The fourth-order valence-corrected chi connectivity index (χ4v) is 3.52. The molecule has 1 aromatic carbocycles. The summed E-state index contributed by atoms with van der Waals surface area (Å²) < 4.78 is 0. The van der Waals surface area contributed by atoms with Crippen molar-refractivity contribution in [2.45, 2.75) is 44.2 Å². The number of aliphatic hydroxyl groups is 1. The molecule has 0 spiro atoms. The first-order chi connectivity index (χ1) is 10.2. The summed E-state index contributed by atoms with van der Waals surface area (Å²) in [7, 11) is 0. The molecule has 1 heterocycles.